The number of ether oxygens (including phenoxy) is 1. The first-order valence-electron chi connectivity index (χ1n) is 9.67. The zero-order chi connectivity index (χ0) is 22.5. The molecule has 0 aliphatic carbocycles. The normalized spacial score (nSPS) is 18.5. The summed E-state index contributed by atoms with van der Waals surface area (Å²) in [6.07, 6.45) is 0. The molecule has 0 bridgehead atoms. The standard InChI is InChI=1S/C20H25N3O6S2/c1-29-15-12-21-20(24)19-16-22(30(25,26)17-8-4-2-5-9-17)13-14-23(19)31(27,28)18-10-6-3-7-11-18/h2-11,19H,12-16H2,1H3,(H,21,24)/t19-/m1/s1. The molecule has 1 aliphatic rings. The Morgan fingerprint density at radius 2 is 1.48 bits per heavy atom. The fourth-order valence-electron chi connectivity index (χ4n) is 3.32. The second kappa shape index (κ2) is 9.88. The molecule has 1 N–H and O–H groups in total. The monoisotopic (exact) mass is 467 g/mol. The Labute approximate surface area is 182 Å². The minimum Gasteiger partial charge on any atom is -0.383 e. The number of piperazine rings is 1. The summed E-state index contributed by atoms with van der Waals surface area (Å²) in [5.74, 6) is -0.579. The van der Waals surface area contributed by atoms with Crippen LogP contribution in [0.15, 0.2) is 70.5 Å². The van der Waals surface area contributed by atoms with Gasteiger partial charge in [0.15, 0.2) is 0 Å². The molecule has 2 aromatic rings. The quantitative estimate of drug-likeness (QED) is 0.566. The van der Waals surface area contributed by atoms with Crippen LogP contribution in [0.5, 0.6) is 0 Å². The molecule has 1 heterocycles. The van der Waals surface area contributed by atoms with Crippen LogP contribution in [0.2, 0.25) is 0 Å². The first-order chi connectivity index (χ1) is 14.8. The van der Waals surface area contributed by atoms with Crippen LogP contribution in [0.4, 0.5) is 0 Å². The van der Waals surface area contributed by atoms with Crippen molar-refractivity contribution in [2.45, 2.75) is 15.8 Å². The van der Waals surface area contributed by atoms with Crippen LogP contribution in [0.25, 0.3) is 0 Å². The number of rotatable bonds is 8. The van der Waals surface area contributed by atoms with Gasteiger partial charge in [-0.15, -0.1) is 0 Å². The summed E-state index contributed by atoms with van der Waals surface area (Å²) in [5.41, 5.74) is 0. The summed E-state index contributed by atoms with van der Waals surface area (Å²) < 4.78 is 59.7. The average molecular weight is 468 g/mol. The number of carbonyl (C=O) groups excluding carboxylic acids is 1. The number of nitrogens with zero attached hydrogens (tertiary/aromatic N) is 2. The van der Waals surface area contributed by atoms with E-state index in [1.54, 1.807) is 36.4 Å². The molecule has 1 fully saturated rings. The Bertz CT molecular complexity index is 1090. The highest BCUT2D eigenvalue weighted by atomic mass is 32.2. The van der Waals surface area contributed by atoms with E-state index >= 15 is 0 Å². The van der Waals surface area contributed by atoms with E-state index in [4.69, 9.17) is 4.74 Å². The summed E-state index contributed by atoms with van der Waals surface area (Å²) in [6.45, 7) is -0.0781. The lowest BCUT2D eigenvalue weighted by Gasteiger charge is -2.38. The Hall–Kier alpha value is -2.31. The molecule has 1 saturated heterocycles. The van der Waals surface area contributed by atoms with Crippen molar-refractivity contribution < 1.29 is 26.4 Å². The fraction of sp³-hybridized carbons (Fsp3) is 0.350. The Morgan fingerprint density at radius 1 is 0.935 bits per heavy atom. The van der Waals surface area contributed by atoms with Crippen molar-refractivity contribution in [1.29, 1.82) is 0 Å². The highest BCUT2D eigenvalue weighted by molar-refractivity contribution is 7.89. The first-order valence-corrected chi connectivity index (χ1v) is 12.5. The van der Waals surface area contributed by atoms with Gasteiger partial charge < -0.3 is 10.1 Å². The van der Waals surface area contributed by atoms with Gasteiger partial charge in [0.05, 0.1) is 16.4 Å². The van der Waals surface area contributed by atoms with Gasteiger partial charge in [-0.25, -0.2) is 16.8 Å². The smallest absolute Gasteiger partial charge is 0.243 e. The Kier molecular flexibility index (Phi) is 7.44. The van der Waals surface area contributed by atoms with E-state index in [0.717, 1.165) is 8.61 Å². The third kappa shape index (κ3) is 5.13. The van der Waals surface area contributed by atoms with Gasteiger partial charge in [-0.2, -0.15) is 8.61 Å². The molecule has 0 unspecified atom stereocenters. The number of hydrogen-bond acceptors (Lipinski definition) is 6. The maximum absolute atomic E-state index is 13.2. The third-order valence-electron chi connectivity index (χ3n) is 4.93. The highest BCUT2D eigenvalue weighted by Crippen LogP contribution is 2.25. The zero-order valence-electron chi connectivity index (χ0n) is 17.0. The van der Waals surface area contributed by atoms with Crippen molar-refractivity contribution in [1.82, 2.24) is 13.9 Å². The van der Waals surface area contributed by atoms with Crippen LogP contribution >= 0.6 is 0 Å². The van der Waals surface area contributed by atoms with Gasteiger partial charge in [-0.1, -0.05) is 36.4 Å². The van der Waals surface area contributed by atoms with Gasteiger partial charge in [0.1, 0.15) is 6.04 Å². The number of amides is 1. The first kappa shape index (κ1) is 23.4. The molecule has 31 heavy (non-hydrogen) atoms. The number of nitrogens with one attached hydrogen (secondary N) is 1. The second-order valence-corrected chi connectivity index (χ2v) is 10.7. The predicted molar refractivity (Wildman–Crippen MR) is 114 cm³/mol. The molecule has 3 rings (SSSR count). The highest BCUT2D eigenvalue weighted by Gasteiger charge is 2.43. The molecule has 0 aromatic heterocycles. The molecule has 168 valence electrons. The van der Waals surface area contributed by atoms with Gasteiger partial charge in [0.2, 0.25) is 26.0 Å². The summed E-state index contributed by atoms with van der Waals surface area (Å²) in [6, 6.07) is 14.4. The van der Waals surface area contributed by atoms with Crippen molar-refractivity contribution in [3.05, 3.63) is 60.7 Å². The molecular formula is C20H25N3O6S2. The third-order valence-corrected chi connectivity index (χ3v) is 8.73. The van der Waals surface area contributed by atoms with E-state index < -0.39 is 32.0 Å². The van der Waals surface area contributed by atoms with Crippen LogP contribution in [-0.4, -0.2) is 77.3 Å². The van der Waals surface area contributed by atoms with E-state index in [1.165, 1.54) is 31.4 Å². The summed E-state index contributed by atoms with van der Waals surface area (Å²) >= 11 is 0. The molecule has 2 aromatic carbocycles. The maximum atomic E-state index is 13.2. The average Bonchev–Trinajstić information content (AvgIpc) is 2.80. The predicted octanol–water partition coefficient (Wildman–Crippen LogP) is 0.513. The van der Waals surface area contributed by atoms with Gasteiger partial charge in [0, 0.05) is 33.3 Å². The van der Waals surface area contributed by atoms with Gasteiger partial charge >= 0.3 is 0 Å². The fourth-order valence-corrected chi connectivity index (χ4v) is 6.37. The van der Waals surface area contributed by atoms with Crippen LogP contribution < -0.4 is 5.32 Å². The van der Waals surface area contributed by atoms with Crippen LogP contribution in [0, 0.1) is 0 Å². The molecular weight excluding hydrogens is 442 g/mol. The largest absolute Gasteiger partial charge is 0.383 e. The van der Waals surface area contributed by atoms with Crippen molar-refractivity contribution >= 4 is 26.0 Å². The number of methoxy groups -OCH3 is 1. The molecule has 0 radical (unpaired) electrons. The van der Waals surface area contributed by atoms with E-state index in [2.05, 4.69) is 5.32 Å². The lowest BCUT2D eigenvalue weighted by Crippen LogP contribution is -2.61. The maximum Gasteiger partial charge on any atom is 0.243 e. The number of carbonyl (C=O) groups is 1. The SMILES string of the molecule is COCCNC(=O)[C@H]1CN(S(=O)(=O)c2ccccc2)CCN1S(=O)(=O)c1ccccc1. The lowest BCUT2D eigenvalue weighted by atomic mass is 10.2. The van der Waals surface area contributed by atoms with Crippen molar-refractivity contribution in [3.8, 4) is 0 Å². The summed E-state index contributed by atoms with van der Waals surface area (Å²) in [7, 11) is -6.40. The zero-order valence-corrected chi connectivity index (χ0v) is 18.7. The van der Waals surface area contributed by atoms with E-state index in [0.29, 0.717) is 0 Å². The summed E-state index contributed by atoms with van der Waals surface area (Å²) in [5, 5.41) is 2.63. The summed E-state index contributed by atoms with van der Waals surface area (Å²) in [4.78, 5) is 13.0. The van der Waals surface area contributed by atoms with Crippen molar-refractivity contribution in [2.24, 2.45) is 0 Å². The minimum atomic E-state index is -4.00. The number of hydrogen-bond donors (Lipinski definition) is 1. The van der Waals surface area contributed by atoms with Gasteiger partial charge in [-0.05, 0) is 24.3 Å². The molecule has 11 heteroatoms. The topological polar surface area (TPSA) is 113 Å². The number of sulfonamides is 2. The van der Waals surface area contributed by atoms with Crippen LogP contribution in [0.1, 0.15) is 0 Å². The molecule has 0 spiro atoms. The van der Waals surface area contributed by atoms with Crippen LogP contribution in [-0.2, 0) is 29.6 Å². The van der Waals surface area contributed by atoms with E-state index in [1.807, 2.05) is 0 Å². The Balaban J connectivity index is 1.92. The lowest BCUT2D eigenvalue weighted by molar-refractivity contribution is -0.126. The van der Waals surface area contributed by atoms with E-state index in [-0.39, 0.29) is 42.6 Å². The number of benzene rings is 2. The van der Waals surface area contributed by atoms with Crippen molar-refractivity contribution in [2.75, 3.05) is 39.9 Å². The molecule has 9 nitrogen and oxygen atoms in total. The van der Waals surface area contributed by atoms with Gasteiger partial charge in [-0.3, -0.25) is 4.79 Å². The molecule has 1 atom stereocenters. The second-order valence-electron chi connectivity index (χ2n) is 6.90. The Morgan fingerprint density at radius 3 is 2.03 bits per heavy atom. The molecule has 1 aliphatic heterocycles. The van der Waals surface area contributed by atoms with Crippen LogP contribution in [0.3, 0.4) is 0 Å². The van der Waals surface area contributed by atoms with E-state index in [9.17, 15) is 21.6 Å². The minimum absolute atomic E-state index is 0.0454. The van der Waals surface area contributed by atoms with Gasteiger partial charge in [0.25, 0.3) is 0 Å². The molecule has 1 amide bonds. The van der Waals surface area contributed by atoms with Crippen molar-refractivity contribution in [3.63, 3.8) is 0 Å². The molecule has 0 saturated carbocycles.